The molecule has 3 nitrogen and oxygen atoms in total. The van der Waals surface area contributed by atoms with Gasteiger partial charge in [-0.3, -0.25) is 10.1 Å². The summed E-state index contributed by atoms with van der Waals surface area (Å²) in [6.45, 7) is 5.87. The Balaban J connectivity index is 2.41. The predicted molar refractivity (Wildman–Crippen MR) is 68.5 cm³/mol. The number of rotatable bonds is 6. The molecule has 1 N–H and O–H groups in total. The average molecular weight is 235 g/mol. The summed E-state index contributed by atoms with van der Waals surface area (Å²) in [6.07, 6.45) is 1.04. The lowest BCUT2D eigenvalue weighted by molar-refractivity contribution is -0.150. The zero-order chi connectivity index (χ0) is 12.7. The summed E-state index contributed by atoms with van der Waals surface area (Å²) in [7, 11) is 0. The molecule has 3 heteroatoms. The molecule has 0 saturated heterocycles. The van der Waals surface area contributed by atoms with Gasteiger partial charge in [0, 0.05) is 12.5 Å². The van der Waals surface area contributed by atoms with Gasteiger partial charge in [-0.15, -0.1) is 0 Å². The Bertz CT molecular complexity index is 337. The van der Waals surface area contributed by atoms with Crippen molar-refractivity contribution >= 4 is 5.97 Å². The first-order chi connectivity index (χ1) is 8.13. The van der Waals surface area contributed by atoms with Crippen LogP contribution >= 0.6 is 0 Å². The summed E-state index contributed by atoms with van der Waals surface area (Å²) >= 11 is 0. The normalized spacial score (nSPS) is 14.1. The molecule has 0 spiro atoms. The second-order valence-corrected chi connectivity index (χ2v) is 4.18. The number of nitrogens with one attached hydrogen (secondary N) is 1. The van der Waals surface area contributed by atoms with Crippen molar-refractivity contribution in [3.63, 3.8) is 0 Å². The lowest BCUT2D eigenvalue weighted by Gasteiger charge is -2.20. The van der Waals surface area contributed by atoms with Crippen LogP contribution in [0.15, 0.2) is 30.3 Å². The minimum Gasteiger partial charge on any atom is -0.447 e. The number of carbonyl (C=O) groups excluding carboxylic acids is 1. The molecule has 0 aromatic heterocycles. The van der Waals surface area contributed by atoms with E-state index in [2.05, 4.69) is 24.4 Å². The van der Waals surface area contributed by atoms with E-state index in [1.54, 1.807) is 0 Å². The Morgan fingerprint density at radius 2 is 1.94 bits per heavy atom. The maximum absolute atomic E-state index is 11.3. The van der Waals surface area contributed by atoms with Gasteiger partial charge >= 0.3 is 5.97 Å². The molecule has 2 unspecified atom stereocenters. The van der Waals surface area contributed by atoms with Gasteiger partial charge in [0.25, 0.3) is 0 Å². The number of benzene rings is 1. The van der Waals surface area contributed by atoms with Crippen molar-refractivity contribution < 1.29 is 9.53 Å². The van der Waals surface area contributed by atoms with Gasteiger partial charge in [0.05, 0.1) is 0 Å². The summed E-state index contributed by atoms with van der Waals surface area (Å²) in [5, 5.41) is 3.24. The second-order valence-electron chi connectivity index (χ2n) is 4.18. The minimum absolute atomic E-state index is 0.146. The quantitative estimate of drug-likeness (QED) is 0.608. The maximum Gasteiger partial charge on any atom is 0.307 e. The summed E-state index contributed by atoms with van der Waals surface area (Å²) in [4.78, 5) is 11.3. The third-order valence-corrected chi connectivity index (χ3v) is 2.55. The Hall–Kier alpha value is -1.35. The lowest BCUT2D eigenvalue weighted by atomic mass is 10.1. The fourth-order valence-corrected chi connectivity index (χ4v) is 1.68. The van der Waals surface area contributed by atoms with Crippen LogP contribution in [0.4, 0.5) is 0 Å². The van der Waals surface area contributed by atoms with Crippen molar-refractivity contribution in [2.45, 2.75) is 45.9 Å². The number of esters is 1. The summed E-state index contributed by atoms with van der Waals surface area (Å²) < 4.78 is 5.23. The summed E-state index contributed by atoms with van der Waals surface area (Å²) in [5.41, 5.74) is 1.19. The molecule has 1 aromatic carbocycles. The van der Waals surface area contributed by atoms with Crippen molar-refractivity contribution in [3.05, 3.63) is 35.9 Å². The molecule has 0 radical (unpaired) electrons. The average Bonchev–Trinajstić information content (AvgIpc) is 2.30. The molecule has 0 aliphatic rings. The zero-order valence-electron chi connectivity index (χ0n) is 10.8. The Labute approximate surface area is 103 Å². The number of carbonyl (C=O) groups is 1. The van der Waals surface area contributed by atoms with Crippen LogP contribution in [-0.2, 0) is 9.53 Å². The van der Waals surface area contributed by atoms with Crippen molar-refractivity contribution in [1.82, 2.24) is 5.32 Å². The highest BCUT2D eigenvalue weighted by Crippen LogP contribution is 2.12. The Kier molecular flexibility index (Phi) is 5.70. The van der Waals surface area contributed by atoms with E-state index in [0.717, 1.165) is 6.42 Å². The topological polar surface area (TPSA) is 38.3 Å². The third kappa shape index (κ3) is 5.00. The van der Waals surface area contributed by atoms with Crippen molar-refractivity contribution in [1.29, 1.82) is 0 Å². The molecule has 0 bridgehead atoms. The van der Waals surface area contributed by atoms with Gasteiger partial charge in [-0.05, 0) is 25.8 Å². The van der Waals surface area contributed by atoms with E-state index in [0.29, 0.717) is 6.42 Å². The largest absolute Gasteiger partial charge is 0.447 e. The van der Waals surface area contributed by atoms with Crippen molar-refractivity contribution in [2.75, 3.05) is 0 Å². The molecule has 0 aliphatic heterocycles. The molecule has 0 aliphatic carbocycles. The fraction of sp³-hybridized carbons (Fsp3) is 0.500. The molecule has 0 saturated carbocycles. The van der Waals surface area contributed by atoms with Crippen LogP contribution in [0.5, 0.6) is 0 Å². The number of hydrogen-bond donors (Lipinski definition) is 1. The minimum atomic E-state index is -0.260. The molecule has 1 rings (SSSR count). The van der Waals surface area contributed by atoms with E-state index in [1.165, 1.54) is 5.56 Å². The van der Waals surface area contributed by atoms with Gasteiger partial charge < -0.3 is 4.74 Å². The van der Waals surface area contributed by atoms with E-state index in [1.807, 2.05) is 32.0 Å². The Morgan fingerprint density at radius 3 is 2.53 bits per heavy atom. The molecule has 17 heavy (non-hydrogen) atoms. The Morgan fingerprint density at radius 1 is 1.29 bits per heavy atom. The summed E-state index contributed by atoms with van der Waals surface area (Å²) in [6, 6.07) is 10.3. The highest BCUT2D eigenvalue weighted by molar-refractivity contribution is 5.69. The van der Waals surface area contributed by atoms with Crippen LogP contribution in [0.3, 0.4) is 0 Å². The second kappa shape index (κ2) is 7.07. The molecule has 0 fully saturated rings. The first-order valence-electron chi connectivity index (χ1n) is 6.14. The first-order valence-corrected chi connectivity index (χ1v) is 6.14. The van der Waals surface area contributed by atoms with Gasteiger partial charge in [0.2, 0.25) is 0 Å². The highest BCUT2D eigenvalue weighted by Gasteiger charge is 2.12. The molecule has 94 valence electrons. The zero-order valence-corrected chi connectivity index (χ0v) is 10.8. The van der Waals surface area contributed by atoms with Crippen LogP contribution in [0.1, 0.15) is 45.2 Å². The lowest BCUT2D eigenvalue weighted by Crippen LogP contribution is -2.33. The van der Waals surface area contributed by atoms with Gasteiger partial charge in [-0.25, -0.2) is 0 Å². The first kappa shape index (κ1) is 13.7. The molecule has 0 heterocycles. The van der Waals surface area contributed by atoms with E-state index in [4.69, 9.17) is 4.74 Å². The maximum atomic E-state index is 11.3. The van der Waals surface area contributed by atoms with E-state index < -0.39 is 0 Å². The molecular formula is C14H21NO2. The van der Waals surface area contributed by atoms with Crippen LogP contribution in [-0.4, -0.2) is 12.2 Å². The molecule has 1 aromatic rings. The van der Waals surface area contributed by atoms with Crippen LogP contribution in [0, 0.1) is 0 Å². The fourth-order valence-electron chi connectivity index (χ4n) is 1.68. The number of ether oxygens (including phenoxy) is 1. The van der Waals surface area contributed by atoms with Crippen molar-refractivity contribution in [3.8, 4) is 0 Å². The highest BCUT2D eigenvalue weighted by atomic mass is 16.6. The van der Waals surface area contributed by atoms with Crippen LogP contribution in [0.25, 0.3) is 0 Å². The van der Waals surface area contributed by atoms with Gasteiger partial charge in [-0.2, -0.15) is 0 Å². The van der Waals surface area contributed by atoms with Crippen LogP contribution < -0.4 is 5.32 Å². The van der Waals surface area contributed by atoms with Crippen LogP contribution in [0.2, 0.25) is 0 Å². The monoisotopic (exact) mass is 235 g/mol. The van der Waals surface area contributed by atoms with Gasteiger partial charge in [-0.1, -0.05) is 37.3 Å². The van der Waals surface area contributed by atoms with E-state index >= 15 is 0 Å². The van der Waals surface area contributed by atoms with Crippen molar-refractivity contribution in [2.24, 2.45) is 0 Å². The van der Waals surface area contributed by atoms with Gasteiger partial charge in [0.1, 0.15) is 0 Å². The van der Waals surface area contributed by atoms with Gasteiger partial charge in [0.15, 0.2) is 6.23 Å². The summed E-state index contributed by atoms with van der Waals surface area (Å²) in [5.74, 6) is -0.146. The number of hydrogen-bond acceptors (Lipinski definition) is 3. The third-order valence-electron chi connectivity index (χ3n) is 2.55. The standard InChI is InChI=1S/C14H21NO2/c1-4-8-14(16)17-12(3)15-11(2)13-9-6-5-7-10-13/h5-7,9-12,15H,4,8H2,1-3H3. The van der Waals surface area contributed by atoms with E-state index in [-0.39, 0.29) is 18.2 Å². The molecular weight excluding hydrogens is 214 g/mol. The SMILES string of the molecule is CCCC(=O)OC(C)NC(C)c1ccccc1. The van der Waals surface area contributed by atoms with E-state index in [9.17, 15) is 4.79 Å². The predicted octanol–water partition coefficient (Wildman–Crippen LogP) is 3.03. The molecule has 2 atom stereocenters. The molecule has 0 amide bonds. The smallest absolute Gasteiger partial charge is 0.307 e.